The zero-order valence-corrected chi connectivity index (χ0v) is 23.7. The number of nitrogens with one attached hydrogen (secondary N) is 5. The fraction of sp³-hybridized carbons (Fsp3) is 0.462. The number of primary amides is 1. The van der Waals surface area contributed by atoms with Gasteiger partial charge in [0, 0.05) is 19.8 Å². The number of carboxylic acid groups (broad SMARTS) is 2. The van der Waals surface area contributed by atoms with Gasteiger partial charge in [0.1, 0.15) is 36.0 Å². The number of carbonyl (C=O) groups is 8. The highest BCUT2D eigenvalue weighted by Crippen LogP contribution is 2.12. The van der Waals surface area contributed by atoms with Crippen LogP contribution in [0.15, 0.2) is 24.3 Å². The second-order valence-corrected chi connectivity index (χ2v) is 9.64. The van der Waals surface area contributed by atoms with Crippen LogP contribution in [0.3, 0.4) is 0 Å². The molecular weight excluding hydrogens is 572 g/mol. The molecule has 0 fully saturated rings. The van der Waals surface area contributed by atoms with Crippen molar-refractivity contribution in [2.75, 3.05) is 0 Å². The van der Waals surface area contributed by atoms with E-state index in [-0.39, 0.29) is 12.2 Å². The zero-order valence-electron chi connectivity index (χ0n) is 23.7. The van der Waals surface area contributed by atoms with Crippen molar-refractivity contribution in [1.29, 1.82) is 0 Å². The lowest BCUT2D eigenvalue weighted by atomic mass is 10.0. The number of hydrogen-bond acceptors (Lipinski definition) is 9. The summed E-state index contributed by atoms with van der Waals surface area (Å²) in [5.74, 6) is -8.05. The second kappa shape index (κ2) is 16.9. The van der Waals surface area contributed by atoms with E-state index < -0.39 is 96.9 Å². The summed E-state index contributed by atoms with van der Waals surface area (Å²) in [5, 5.41) is 39.1. The number of phenolic OH excluding ortho intramolecular Hbond substituents is 1. The van der Waals surface area contributed by atoms with Gasteiger partial charge in [-0.25, -0.2) is 0 Å². The molecule has 0 heterocycles. The van der Waals surface area contributed by atoms with Crippen molar-refractivity contribution in [1.82, 2.24) is 26.6 Å². The van der Waals surface area contributed by atoms with Crippen molar-refractivity contribution < 1.29 is 53.7 Å². The van der Waals surface area contributed by atoms with Crippen LogP contribution in [-0.2, 0) is 44.8 Å². The summed E-state index contributed by atoms with van der Waals surface area (Å²) in [6.07, 6.45) is -1.91. The second-order valence-electron chi connectivity index (χ2n) is 9.64. The average molecular weight is 609 g/mol. The maximum Gasteiger partial charge on any atom is 0.305 e. The summed E-state index contributed by atoms with van der Waals surface area (Å²) >= 11 is 0. The fourth-order valence-electron chi connectivity index (χ4n) is 3.58. The van der Waals surface area contributed by atoms with E-state index in [1.54, 1.807) is 0 Å². The molecule has 0 saturated heterocycles. The van der Waals surface area contributed by atoms with E-state index in [2.05, 4.69) is 26.6 Å². The standard InChI is InChI=1S/C26H36N6O11/c1-12(22(27)39)28-25(42)18(10-15-4-6-16(34)7-5-15)32-24(41)17(8-9-20(35)36)31-23(40)13(2)29-26(43)19(11-21(37)38)30-14(3)33/h4-7,12-13,17-19,34H,8-11H2,1-3H3,(H2,27,39)(H,28,42)(H,29,43)(H,30,33)(H,31,40)(H,32,41)(H,35,36)(H,37,38)/t12-,13-,17-,18-,19-/m0/s1. The summed E-state index contributed by atoms with van der Waals surface area (Å²) in [5.41, 5.74) is 5.69. The molecule has 0 aliphatic rings. The molecule has 1 aromatic carbocycles. The average Bonchev–Trinajstić information content (AvgIpc) is 2.90. The number of phenols is 1. The van der Waals surface area contributed by atoms with Gasteiger partial charge in [0.15, 0.2) is 0 Å². The lowest BCUT2D eigenvalue weighted by Gasteiger charge is -2.25. The molecule has 0 radical (unpaired) electrons. The summed E-state index contributed by atoms with van der Waals surface area (Å²) < 4.78 is 0. The van der Waals surface area contributed by atoms with E-state index in [0.717, 1.165) is 6.92 Å². The van der Waals surface area contributed by atoms with Crippen LogP contribution >= 0.6 is 0 Å². The number of rotatable bonds is 17. The van der Waals surface area contributed by atoms with E-state index in [9.17, 15) is 43.5 Å². The number of aromatic hydroxyl groups is 1. The summed E-state index contributed by atoms with van der Waals surface area (Å²) in [6.45, 7) is 3.59. The molecule has 0 aliphatic carbocycles. The molecule has 0 spiro atoms. The topological polar surface area (TPSA) is 283 Å². The van der Waals surface area contributed by atoms with Crippen molar-refractivity contribution in [2.24, 2.45) is 5.73 Å². The quantitative estimate of drug-likeness (QED) is 0.0873. The Morgan fingerprint density at radius 1 is 0.698 bits per heavy atom. The van der Waals surface area contributed by atoms with E-state index in [4.69, 9.17) is 15.9 Å². The van der Waals surface area contributed by atoms with Gasteiger partial charge in [-0.1, -0.05) is 12.1 Å². The maximum absolute atomic E-state index is 13.2. The van der Waals surface area contributed by atoms with Crippen molar-refractivity contribution in [2.45, 2.75) is 76.7 Å². The maximum atomic E-state index is 13.2. The molecule has 43 heavy (non-hydrogen) atoms. The van der Waals surface area contributed by atoms with Gasteiger partial charge in [-0.3, -0.25) is 38.4 Å². The molecule has 17 nitrogen and oxygen atoms in total. The van der Waals surface area contributed by atoms with Gasteiger partial charge in [0.2, 0.25) is 35.4 Å². The number of aliphatic carboxylic acids is 2. The number of carboxylic acids is 2. The highest BCUT2D eigenvalue weighted by atomic mass is 16.4. The van der Waals surface area contributed by atoms with Gasteiger partial charge in [-0.15, -0.1) is 0 Å². The highest BCUT2D eigenvalue weighted by Gasteiger charge is 2.31. The summed E-state index contributed by atoms with van der Waals surface area (Å²) in [6, 6.07) is -1.19. The van der Waals surface area contributed by atoms with Crippen molar-refractivity contribution in [3.05, 3.63) is 29.8 Å². The van der Waals surface area contributed by atoms with Crippen LogP contribution in [0.4, 0.5) is 0 Å². The first kappa shape index (κ1) is 35.8. The minimum absolute atomic E-state index is 0.0554. The predicted octanol–water partition coefficient (Wildman–Crippen LogP) is -2.76. The Morgan fingerprint density at radius 2 is 1.21 bits per heavy atom. The Morgan fingerprint density at radius 3 is 1.72 bits per heavy atom. The van der Waals surface area contributed by atoms with Gasteiger partial charge < -0.3 is 47.6 Å². The Labute approximate surface area is 245 Å². The fourth-order valence-corrected chi connectivity index (χ4v) is 3.58. The van der Waals surface area contributed by atoms with Gasteiger partial charge in [-0.2, -0.15) is 0 Å². The summed E-state index contributed by atoms with van der Waals surface area (Å²) in [4.78, 5) is 96.6. The summed E-state index contributed by atoms with van der Waals surface area (Å²) in [7, 11) is 0. The minimum Gasteiger partial charge on any atom is -0.508 e. The lowest BCUT2D eigenvalue weighted by molar-refractivity contribution is -0.141. The largest absolute Gasteiger partial charge is 0.508 e. The molecule has 0 bridgehead atoms. The molecule has 0 aromatic heterocycles. The number of carbonyl (C=O) groups excluding carboxylic acids is 6. The molecule has 17 heteroatoms. The van der Waals surface area contributed by atoms with Crippen LogP contribution in [0.5, 0.6) is 5.75 Å². The third-order valence-electron chi connectivity index (χ3n) is 5.90. The molecule has 1 aromatic rings. The van der Waals surface area contributed by atoms with E-state index >= 15 is 0 Å². The first-order valence-electron chi connectivity index (χ1n) is 13.0. The number of benzene rings is 1. The predicted molar refractivity (Wildman–Crippen MR) is 147 cm³/mol. The smallest absolute Gasteiger partial charge is 0.305 e. The number of hydrogen-bond donors (Lipinski definition) is 9. The molecule has 6 amide bonds. The highest BCUT2D eigenvalue weighted by molar-refractivity contribution is 5.96. The van der Waals surface area contributed by atoms with Gasteiger partial charge in [0.05, 0.1) is 6.42 Å². The van der Waals surface area contributed by atoms with Crippen LogP contribution in [0, 0.1) is 0 Å². The van der Waals surface area contributed by atoms with Crippen molar-refractivity contribution in [3.63, 3.8) is 0 Å². The normalized spacial score (nSPS) is 14.0. The Kier molecular flexibility index (Phi) is 14.1. The molecule has 0 unspecified atom stereocenters. The molecule has 5 atom stereocenters. The van der Waals surface area contributed by atoms with Crippen LogP contribution in [0.1, 0.15) is 45.6 Å². The minimum atomic E-state index is -1.52. The van der Waals surface area contributed by atoms with Crippen LogP contribution in [0.2, 0.25) is 0 Å². The van der Waals surface area contributed by atoms with E-state index in [0.29, 0.717) is 5.56 Å². The molecule has 1 rings (SSSR count). The van der Waals surface area contributed by atoms with Gasteiger partial charge in [-0.05, 0) is 38.0 Å². The van der Waals surface area contributed by atoms with E-state index in [1.165, 1.54) is 38.1 Å². The van der Waals surface area contributed by atoms with E-state index in [1.807, 2.05) is 0 Å². The lowest BCUT2D eigenvalue weighted by Crippen LogP contribution is -2.58. The molecular formula is C26H36N6O11. The first-order valence-corrected chi connectivity index (χ1v) is 13.0. The monoisotopic (exact) mass is 608 g/mol. The van der Waals surface area contributed by atoms with Gasteiger partial charge >= 0.3 is 11.9 Å². The first-order chi connectivity index (χ1) is 20.0. The Balaban J connectivity index is 3.13. The molecule has 0 aliphatic heterocycles. The number of amides is 6. The van der Waals surface area contributed by atoms with Crippen molar-refractivity contribution >= 4 is 47.4 Å². The molecule has 10 N–H and O–H groups in total. The molecule has 236 valence electrons. The third-order valence-corrected chi connectivity index (χ3v) is 5.90. The molecule has 0 saturated carbocycles. The SMILES string of the molecule is CC(=O)N[C@@H](CC(=O)O)C(=O)N[C@@H](C)C(=O)N[C@@H](CCC(=O)O)C(=O)N[C@@H](Cc1ccc(O)cc1)C(=O)N[C@@H](C)C(N)=O. The Bertz CT molecular complexity index is 1200. The third kappa shape index (κ3) is 13.3. The number of nitrogens with two attached hydrogens (primary N) is 1. The Hall–Kier alpha value is -5.22. The van der Waals surface area contributed by atoms with Gasteiger partial charge in [0.25, 0.3) is 0 Å². The van der Waals surface area contributed by atoms with Crippen LogP contribution < -0.4 is 32.3 Å². The zero-order chi connectivity index (χ0) is 32.9. The van der Waals surface area contributed by atoms with Crippen LogP contribution in [0.25, 0.3) is 0 Å². The van der Waals surface area contributed by atoms with Crippen LogP contribution in [-0.4, -0.2) is 92.9 Å². The van der Waals surface area contributed by atoms with Crippen molar-refractivity contribution in [3.8, 4) is 5.75 Å².